The first-order valence-electron chi connectivity index (χ1n) is 10.1. The van der Waals surface area contributed by atoms with Gasteiger partial charge < -0.3 is 5.32 Å². The van der Waals surface area contributed by atoms with Crippen molar-refractivity contribution < 1.29 is 18.0 Å². The lowest BCUT2D eigenvalue weighted by Gasteiger charge is -2.22. The van der Waals surface area contributed by atoms with Crippen LogP contribution in [0.4, 0.5) is 18.9 Å². The van der Waals surface area contributed by atoms with Crippen LogP contribution >= 0.6 is 0 Å². The number of amides is 1. The van der Waals surface area contributed by atoms with E-state index in [0.29, 0.717) is 5.69 Å². The fraction of sp³-hybridized carbons (Fsp3) is 0.348. The zero-order valence-corrected chi connectivity index (χ0v) is 17.8. The molecule has 1 heterocycles. The molecule has 0 aliphatic heterocycles. The van der Waals surface area contributed by atoms with Gasteiger partial charge >= 0.3 is 6.18 Å². The maximum Gasteiger partial charge on any atom is 0.438 e. The summed E-state index contributed by atoms with van der Waals surface area (Å²) in [4.78, 5) is 29.5. The van der Waals surface area contributed by atoms with Gasteiger partial charge in [-0.3, -0.25) is 14.2 Å². The molecule has 1 N–H and O–H groups in total. The lowest BCUT2D eigenvalue weighted by Crippen LogP contribution is -2.37. The van der Waals surface area contributed by atoms with Gasteiger partial charge in [0.05, 0.1) is 11.0 Å². The van der Waals surface area contributed by atoms with Gasteiger partial charge in [-0.05, 0) is 67.6 Å². The van der Waals surface area contributed by atoms with Gasteiger partial charge in [-0.15, -0.1) is 0 Å². The molecule has 2 aromatic carbocycles. The molecule has 0 fully saturated rings. The maximum atomic E-state index is 13.5. The standard InChI is InChI=1S/C23H24F3N3O2/c1-5-15-7-9-16(10-8-15)27-21(30)18(6-2)29-19-12-14(4)13(3)11-17(19)28-20(22(29)31)23(24,25)26/h7-12,18H,5-6H2,1-4H3,(H,27,30)/t18-/m0/s1. The first-order chi connectivity index (χ1) is 14.6. The van der Waals surface area contributed by atoms with E-state index < -0.39 is 29.4 Å². The smallest absolute Gasteiger partial charge is 0.324 e. The highest BCUT2D eigenvalue weighted by molar-refractivity contribution is 5.94. The average Bonchev–Trinajstić information content (AvgIpc) is 2.71. The van der Waals surface area contributed by atoms with E-state index in [1.807, 2.05) is 19.1 Å². The number of rotatable bonds is 5. The normalized spacial score (nSPS) is 12.7. The lowest BCUT2D eigenvalue weighted by atomic mass is 10.1. The van der Waals surface area contributed by atoms with Crippen LogP contribution in [0.5, 0.6) is 0 Å². The van der Waals surface area contributed by atoms with Crippen molar-refractivity contribution in [2.24, 2.45) is 0 Å². The van der Waals surface area contributed by atoms with Crippen LogP contribution in [-0.4, -0.2) is 15.5 Å². The van der Waals surface area contributed by atoms with E-state index in [4.69, 9.17) is 0 Å². The van der Waals surface area contributed by atoms with Gasteiger partial charge in [0.25, 0.3) is 5.56 Å². The molecule has 1 amide bonds. The molecule has 1 atom stereocenters. The summed E-state index contributed by atoms with van der Waals surface area (Å²) in [7, 11) is 0. The molecule has 0 unspecified atom stereocenters. The molecule has 1 aromatic heterocycles. The fourth-order valence-corrected chi connectivity index (χ4v) is 3.49. The Hall–Kier alpha value is -3.16. The Kier molecular flexibility index (Phi) is 6.20. The van der Waals surface area contributed by atoms with Crippen LogP contribution in [0.1, 0.15) is 48.7 Å². The van der Waals surface area contributed by atoms with Gasteiger partial charge in [0.15, 0.2) is 0 Å². The zero-order chi connectivity index (χ0) is 22.9. The third-order valence-corrected chi connectivity index (χ3v) is 5.40. The number of carbonyl (C=O) groups excluding carboxylic acids is 1. The maximum absolute atomic E-state index is 13.5. The Morgan fingerprint density at radius 3 is 2.26 bits per heavy atom. The number of hydrogen-bond donors (Lipinski definition) is 1. The topological polar surface area (TPSA) is 64.0 Å². The van der Waals surface area contributed by atoms with Gasteiger partial charge in [0.2, 0.25) is 11.6 Å². The van der Waals surface area contributed by atoms with Crippen molar-refractivity contribution in [2.75, 3.05) is 5.32 Å². The second-order valence-corrected chi connectivity index (χ2v) is 7.52. The van der Waals surface area contributed by atoms with E-state index in [1.54, 1.807) is 39.0 Å². The number of benzene rings is 2. The number of alkyl halides is 3. The van der Waals surface area contributed by atoms with Crippen molar-refractivity contribution in [2.45, 2.75) is 52.8 Å². The van der Waals surface area contributed by atoms with Crippen molar-refractivity contribution >= 4 is 22.6 Å². The summed E-state index contributed by atoms with van der Waals surface area (Å²) in [6, 6.07) is 9.15. The summed E-state index contributed by atoms with van der Waals surface area (Å²) in [5.41, 5.74) is 0.489. The molecule has 0 aliphatic rings. The Labute approximate surface area is 177 Å². The Morgan fingerprint density at radius 1 is 1.10 bits per heavy atom. The van der Waals surface area contributed by atoms with E-state index in [0.717, 1.165) is 27.7 Å². The summed E-state index contributed by atoms with van der Waals surface area (Å²) < 4.78 is 41.6. The van der Waals surface area contributed by atoms with Crippen LogP contribution in [0.3, 0.4) is 0 Å². The highest BCUT2D eigenvalue weighted by Gasteiger charge is 2.38. The van der Waals surface area contributed by atoms with Crippen LogP contribution in [0.25, 0.3) is 11.0 Å². The molecular formula is C23H24F3N3O2. The van der Waals surface area contributed by atoms with Gasteiger partial charge in [-0.25, -0.2) is 4.98 Å². The molecule has 3 rings (SSSR count). The summed E-state index contributed by atoms with van der Waals surface area (Å²) in [6.45, 7) is 7.20. The SMILES string of the molecule is CCc1ccc(NC(=O)[C@H](CC)n2c(=O)c(C(F)(F)F)nc3cc(C)c(C)cc32)cc1. The Morgan fingerprint density at radius 2 is 1.71 bits per heavy atom. The van der Waals surface area contributed by atoms with Gasteiger partial charge in [-0.2, -0.15) is 13.2 Å². The highest BCUT2D eigenvalue weighted by atomic mass is 19.4. The number of anilines is 1. The van der Waals surface area contributed by atoms with Crippen LogP contribution in [0.2, 0.25) is 0 Å². The van der Waals surface area contributed by atoms with E-state index in [9.17, 15) is 22.8 Å². The molecule has 0 radical (unpaired) electrons. The van der Waals surface area contributed by atoms with E-state index in [2.05, 4.69) is 10.3 Å². The molecule has 3 aromatic rings. The van der Waals surface area contributed by atoms with Crippen molar-refractivity contribution in [1.29, 1.82) is 0 Å². The summed E-state index contributed by atoms with van der Waals surface area (Å²) in [5, 5.41) is 2.72. The number of nitrogens with zero attached hydrogens (tertiary/aromatic N) is 2. The predicted molar refractivity (Wildman–Crippen MR) is 114 cm³/mol. The molecule has 8 heteroatoms. The second kappa shape index (κ2) is 8.53. The predicted octanol–water partition coefficient (Wildman–Crippen LogP) is 5.18. The van der Waals surface area contributed by atoms with Crippen LogP contribution in [0.15, 0.2) is 41.2 Å². The molecule has 0 spiro atoms. The monoisotopic (exact) mass is 431 g/mol. The van der Waals surface area contributed by atoms with Gasteiger partial charge in [0, 0.05) is 5.69 Å². The van der Waals surface area contributed by atoms with Crippen molar-refractivity contribution in [1.82, 2.24) is 9.55 Å². The van der Waals surface area contributed by atoms with Crippen molar-refractivity contribution in [3.8, 4) is 0 Å². The first kappa shape index (κ1) is 22.5. The molecule has 5 nitrogen and oxygen atoms in total. The minimum Gasteiger partial charge on any atom is -0.324 e. The minimum atomic E-state index is -4.93. The second-order valence-electron chi connectivity index (χ2n) is 7.52. The molecule has 0 aliphatic carbocycles. The molecule has 31 heavy (non-hydrogen) atoms. The summed E-state index contributed by atoms with van der Waals surface area (Å²) >= 11 is 0. The zero-order valence-electron chi connectivity index (χ0n) is 17.8. The number of carbonyl (C=O) groups is 1. The fourth-order valence-electron chi connectivity index (χ4n) is 3.49. The van der Waals surface area contributed by atoms with Crippen molar-refractivity contribution in [3.05, 3.63) is 69.1 Å². The third kappa shape index (κ3) is 4.47. The Bertz CT molecular complexity index is 1180. The van der Waals surface area contributed by atoms with Crippen LogP contribution in [0, 0.1) is 13.8 Å². The third-order valence-electron chi connectivity index (χ3n) is 5.40. The quantitative estimate of drug-likeness (QED) is 0.605. The molecule has 0 saturated carbocycles. The van der Waals surface area contributed by atoms with Crippen LogP contribution < -0.4 is 10.9 Å². The lowest BCUT2D eigenvalue weighted by molar-refractivity contribution is -0.142. The molecule has 0 bridgehead atoms. The van der Waals surface area contributed by atoms with E-state index in [1.165, 1.54) is 6.07 Å². The number of aryl methyl sites for hydroxylation is 3. The molecular weight excluding hydrogens is 407 g/mol. The minimum absolute atomic E-state index is 0.0218. The largest absolute Gasteiger partial charge is 0.438 e. The number of hydrogen-bond acceptors (Lipinski definition) is 3. The number of halogens is 3. The molecule has 0 saturated heterocycles. The van der Waals surface area contributed by atoms with Crippen molar-refractivity contribution in [3.63, 3.8) is 0 Å². The van der Waals surface area contributed by atoms with Gasteiger partial charge in [-0.1, -0.05) is 26.0 Å². The van der Waals surface area contributed by atoms with Gasteiger partial charge in [0.1, 0.15) is 6.04 Å². The first-order valence-corrected chi connectivity index (χ1v) is 10.1. The molecule has 164 valence electrons. The summed E-state index contributed by atoms with van der Waals surface area (Å²) in [5.74, 6) is -0.562. The highest BCUT2D eigenvalue weighted by Crippen LogP contribution is 2.29. The summed E-state index contributed by atoms with van der Waals surface area (Å²) in [6.07, 6.45) is -3.97. The van der Waals surface area contributed by atoms with E-state index >= 15 is 0 Å². The Balaban J connectivity index is 2.16. The van der Waals surface area contributed by atoms with Crippen LogP contribution in [-0.2, 0) is 17.4 Å². The average molecular weight is 431 g/mol. The number of aromatic nitrogens is 2. The number of nitrogens with one attached hydrogen (secondary N) is 1. The number of fused-ring (bicyclic) bond motifs is 1. The van der Waals surface area contributed by atoms with E-state index in [-0.39, 0.29) is 17.5 Å².